The smallest absolute Gasteiger partial charge is 0.115 e. The van der Waals surface area contributed by atoms with Gasteiger partial charge in [-0.1, -0.05) is 30.0 Å². The highest BCUT2D eigenvalue weighted by molar-refractivity contribution is 7.99. The number of nitriles is 1. The monoisotopic (exact) mass is 357 g/mol. The predicted octanol–water partition coefficient (Wildman–Crippen LogP) is 4.08. The van der Waals surface area contributed by atoms with Crippen molar-refractivity contribution in [2.24, 2.45) is 0 Å². The number of nitrogens with two attached hydrogens (primary N) is 1. The number of aromatic nitrogens is 3. The molecule has 0 fully saturated rings. The molecule has 0 spiro atoms. The van der Waals surface area contributed by atoms with Gasteiger partial charge in [-0.25, -0.2) is 9.97 Å². The van der Waals surface area contributed by atoms with Crippen molar-refractivity contribution >= 4 is 28.4 Å². The Labute approximate surface area is 155 Å². The van der Waals surface area contributed by atoms with E-state index in [2.05, 4.69) is 26.8 Å². The Hall–Kier alpha value is -3.30. The minimum Gasteiger partial charge on any atom is -0.398 e. The normalized spacial score (nSPS) is 10.7. The summed E-state index contributed by atoms with van der Waals surface area (Å²) in [4.78, 5) is 10.3. The molecule has 0 unspecified atom stereocenters. The SMILES string of the molecule is N#Cc1ccc2c(Sc3ccccc3N)cn(Cc3cncnc3)c2c1. The first-order valence-corrected chi connectivity index (χ1v) is 8.85. The molecule has 6 heteroatoms. The first kappa shape index (κ1) is 16.2. The number of nitrogens with zero attached hydrogens (tertiary/aromatic N) is 4. The lowest BCUT2D eigenvalue weighted by Gasteiger charge is -2.04. The van der Waals surface area contributed by atoms with Gasteiger partial charge >= 0.3 is 0 Å². The number of hydrogen-bond acceptors (Lipinski definition) is 5. The molecule has 26 heavy (non-hydrogen) atoms. The van der Waals surface area contributed by atoms with Crippen molar-refractivity contribution in [1.29, 1.82) is 5.26 Å². The highest BCUT2D eigenvalue weighted by Crippen LogP contribution is 2.38. The fourth-order valence-electron chi connectivity index (χ4n) is 2.84. The summed E-state index contributed by atoms with van der Waals surface area (Å²) in [5, 5.41) is 10.3. The van der Waals surface area contributed by atoms with Gasteiger partial charge in [0.05, 0.1) is 23.7 Å². The Morgan fingerprint density at radius 1 is 1.08 bits per heavy atom. The molecule has 0 aliphatic carbocycles. The van der Waals surface area contributed by atoms with Crippen molar-refractivity contribution in [2.75, 3.05) is 5.73 Å². The average Bonchev–Trinajstić information content (AvgIpc) is 3.01. The molecule has 4 rings (SSSR count). The van der Waals surface area contributed by atoms with Gasteiger partial charge in [-0.3, -0.25) is 0 Å². The van der Waals surface area contributed by atoms with Crippen LogP contribution in [0.1, 0.15) is 11.1 Å². The van der Waals surface area contributed by atoms with E-state index in [0.717, 1.165) is 31.9 Å². The molecule has 2 heterocycles. The molecule has 2 N–H and O–H groups in total. The molecule has 126 valence electrons. The number of benzene rings is 2. The lowest BCUT2D eigenvalue weighted by molar-refractivity contribution is 0.817. The van der Waals surface area contributed by atoms with Crippen LogP contribution in [-0.2, 0) is 6.54 Å². The molecular formula is C20H15N5S. The highest BCUT2D eigenvalue weighted by atomic mass is 32.2. The molecule has 0 aliphatic rings. The van der Waals surface area contributed by atoms with Gasteiger partial charge in [0.1, 0.15) is 6.33 Å². The van der Waals surface area contributed by atoms with Crippen LogP contribution in [-0.4, -0.2) is 14.5 Å². The maximum Gasteiger partial charge on any atom is 0.115 e. The van der Waals surface area contributed by atoms with Crippen molar-refractivity contribution in [3.8, 4) is 6.07 Å². The first-order valence-electron chi connectivity index (χ1n) is 8.04. The fraction of sp³-hybridized carbons (Fsp3) is 0.0500. The van der Waals surface area contributed by atoms with E-state index in [1.807, 2.05) is 42.5 Å². The van der Waals surface area contributed by atoms with E-state index in [9.17, 15) is 5.26 Å². The molecule has 0 saturated carbocycles. The topological polar surface area (TPSA) is 80.5 Å². The first-order chi connectivity index (χ1) is 12.7. The molecule has 0 amide bonds. The Morgan fingerprint density at radius 3 is 2.65 bits per heavy atom. The maximum absolute atomic E-state index is 9.26. The van der Waals surface area contributed by atoms with Crippen molar-refractivity contribution < 1.29 is 0 Å². The molecule has 0 aliphatic heterocycles. The van der Waals surface area contributed by atoms with Crippen molar-refractivity contribution in [3.05, 3.63) is 78.5 Å². The van der Waals surface area contributed by atoms with E-state index in [1.54, 1.807) is 24.2 Å². The Bertz CT molecular complexity index is 1110. The van der Waals surface area contributed by atoms with E-state index in [-0.39, 0.29) is 0 Å². The summed E-state index contributed by atoms with van der Waals surface area (Å²) in [6.45, 7) is 0.636. The van der Waals surface area contributed by atoms with Crippen molar-refractivity contribution in [2.45, 2.75) is 16.3 Å². The van der Waals surface area contributed by atoms with Crippen LogP contribution in [0, 0.1) is 11.3 Å². The number of nitrogen functional groups attached to an aromatic ring is 1. The predicted molar refractivity (Wildman–Crippen MR) is 103 cm³/mol. The lowest BCUT2D eigenvalue weighted by Crippen LogP contribution is -1.99. The summed E-state index contributed by atoms with van der Waals surface area (Å²) in [6, 6.07) is 15.8. The van der Waals surface area contributed by atoms with Crippen LogP contribution in [0.4, 0.5) is 5.69 Å². The molecule has 0 atom stereocenters. The molecule has 0 bridgehead atoms. The molecule has 5 nitrogen and oxygen atoms in total. The Kier molecular flexibility index (Phi) is 4.30. The summed E-state index contributed by atoms with van der Waals surface area (Å²) in [5.41, 5.74) is 9.50. The minimum atomic E-state index is 0.636. The number of rotatable bonds is 4. The summed E-state index contributed by atoms with van der Waals surface area (Å²) in [6.07, 6.45) is 7.21. The van der Waals surface area contributed by atoms with Crippen LogP contribution < -0.4 is 5.73 Å². The molecule has 0 radical (unpaired) electrons. The third kappa shape index (κ3) is 3.13. The van der Waals surface area contributed by atoms with Gasteiger partial charge in [0.2, 0.25) is 0 Å². The standard InChI is InChI=1S/C20H15N5S/c21-8-14-5-6-16-18(7-14)25(11-15-9-23-13-24-10-15)12-20(16)26-19-4-2-1-3-17(19)22/h1-7,9-10,12-13H,11,22H2. The Balaban J connectivity index is 1.81. The second-order valence-corrected chi connectivity index (χ2v) is 6.94. The van der Waals surface area contributed by atoms with Crippen LogP contribution in [0.3, 0.4) is 0 Å². The Morgan fingerprint density at radius 2 is 1.88 bits per heavy atom. The van der Waals surface area contributed by atoms with Gasteiger partial charge in [0.25, 0.3) is 0 Å². The van der Waals surface area contributed by atoms with E-state index in [0.29, 0.717) is 12.1 Å². The van der Waals surface area contributed by atoms with E-state index in [1.165, 1.54) is 6.33 Å². The molecular weight excluding hydrogens is 342 g/mol. The van der Waals surface area contributed by atoms with Gasteiger partial charge in [-0.15, -0.1) is 0 Å². The lowest BCUT2D eigenvalue weighted by atomic mass is 10.2. The van der Waals surface area contributed by atoms with E-state index in [4.69, 9.17) is 5.73 Å². The molecule has 2 aromatic carbocycles. The van der Waals surface area contributed by atoms with Crippen LogP contribution in [0.2, 0.25) is 0 Å². The third-order valence-electron chi connectivity index (χ3n) is 4.08. The van der Waals surface area contributed by atoms with Crippen LogP contribution in [0.25, 0.3) is 10.9 Å². The van der Waals surface area contributed by atoms with Crippen molar-refractivity contribution in [3.63, 3.8) is 0 Å². The second kappa shape index (κ2) is 6.90. The minimum absolute atomic E-state index is 0.636. The summed E-state index contributed by atoms with van der Waals surface area (Å²) < 4.78 is 2.12. The average molecular weight is 357 g/mol. The van der Waals surface area contributed by atoms with Gasteiger partial charge in [-0.05, 0) is 24.3 Å². The molecule has 4 aromatic rings. The molecule has 2 aromatic heterocycles. The van der Waals surface area contributed by atoms with Gasteiger partial charge in [0.15, 0.2) is 0 Å². The number of fused-ring (bicyclic) bond motifs is 1. The van der Waals surface area contributed by atoms with Crippen LogP contribution in [0.15, 0.2) is 77.2 Å². The van der Waals surface area contributed by atoms with Gasteiger partial charge in [0, 0.05) is 45.0 Å². The van der Waals surface area contributed by atoms with Gasteiger partial charge < -0.3 is 10.3 Å². The summed E-state index contributed by atoms with van der Waals surface area (Å²) >= 11 is 1.63. The van der Waals surface area contributed by atoms with Gasteiger partial charge in [-0.2, -0.15) is 5.26 Å². The number of hydrogen-bond donors (Lipinski definition) is 1. The van der Waals surface area contributed by atoms with E-state index < -0.39 is 0 Å². The largest absolute Gasteiger partial charge is 0.398 e. The van der Waals surface area contributed by atoms with Crippen LogP contribution in [0.5, 0.6) is 0 Å². The summed E-state index contributed by atoms with van der Waals surface area (Å²) in [7, 11) is 0. The molecule has 0 saturated heterocycles. The zero-order chi connectivity index (χ0) is 17.9. The van der Waals surface area contributed by atoms with Crippen LogP contribution >= 0.6 is 11.8 Å². The summed E-state index contributed by atoms with van der Waals surface area (Å²) in [5.74, 6) is 0. The fourth-order valence-corrected chi connectivity index (χ4v) is 3.87. The zero-order valence-electron chi connectivity index (χ0n) is 13.8. The van der Waals surface area contributed by atoms with Crippen molar-refractivity contribution in [1.82, 2.24) is 14.5 Å². The zero-order valence-corrected chi connectivity index (χ0v) is 14.6. The second-order valence-electron chi connectivity index (χ2n) is 5.85. The number of para-hydroxylation sites is 1. The quantitative estimate of drug-likeness (QED) is 0.557. The van der Waals surface area contributed by atoms with E-state index >= 15 is 0 Å². The highest BCUT2D eigenvalue weighted by Gasteiger charge is 2.12. The number of anilines is 1. The third-order valence-corrected chi connectivity index (χ3v) is 5.22. The maximum atomic E-state index is 9.26.